The van der Waals surface area contributed by atoms with Crippen molar-refractivity contribution in [3.05, 3.63) is 24.0 Å². The van der Waals surface area contributed by atoms with Crippen LogP contribution in [0.5, 0.6) is 11.5 Å². The van der Waals surface area contributed by atoms with Crippen molar-refractivity contribution in [2.24, 2.45) is 5.73 Å². The maximum absolute atomic E-state index is 12.7. The highest BCUT2D eigenvalue weighted by atomic mass is 32.2. The molecule has 0 spiro atoms. The van der Waals surface area contributed by atoms with Gasteiger partial charge >= 0.3 is 0 Å². The van der Waals surface area contributed by atoms with Gasteiger partial charge in [-0.05, 0) is 31.9 Å². The Labute approximate surface area is 183 Å². The third-order valence-corrected chi connectivity index (χ3v) is 6.17. The van der Waals surface area contributed by atoms with Crippen LogP contribution in [-0.4, -0.2) is 51.3 Å². The van der Waals surface area contributed by atoms with E-state index in [2.05, 4.69) is 15.5 Å². The van der Waals surface area contributed by atoms with E-state index in [4.69, 9.17) is 19.9 Å². The number of nitrogens with one attached hydrogen (secondary N) is 1. The van der Waals surface area contributed by atoms with Gasteiger partial charge in [-0.15, -0.1) is 10.2 Å². The predicted molar refractivity (Wildman–Crippen MR) is 113 cm³/mol. The van der Waals surface area contributed by atoms with Crippen LogP contribution in [0.15, 0.2) is 23.4 Å². The van der Waals surface area contributed by atoms with E-state index in [1.54, 1.807) is 25.1 Å². The monoisotopic (exact) mass is 447 g/mol. The zero-order chi connectivity index (χ0) is 21.8. The molecule has 2 aromatic rings. The third kappa shape index (κ3) is 5.28. The molecule has 1 aromatic carbocycles. The van der Waals surface area contributed by atoms with Gasteiger partial charge in [-0.3, -0.25) is 9.59 Å². The number of carbonyl (C=O) groups is 2. The molecule has 0 bridgehead atoms. The van der Waals surface area contributed by atoms with Crippen LogP contribution >= 0.6 is 11.8 Å². The van der Waals surface area contributed by atoms with Crippen molar-refractivity contribution in [3.63, 3.8) is 0 Å². The Bertz CT molecular complexity index is 959. The molecule has 2 amide bonds. The standard InChI is InChI=1S/C20H25N5O5S/c1-12(19(27)22-13-4-5-15-16(9-13)30-11-29-15)31-20-24-23-18(7-6-17(21)26)25(20)10-14-3-2-8-28-14/h4-5,9,12,14H,2-3,6-8,10-11H2,1H3,(H2,21,26)(H,22,27)/t12-,14-/m0/s1. The molecular formula is C20H25N5O5S. The van der Waals surface area contributed by atoms with Crippen LogP contribution in [0, 0.1) is 0 Å². The lowest BCUT2D eigenvalue weighted by molar-refractivity contribution is -0.118. The summed E-state index contributed by atoms with van der Waals surface area (Å²) in [4.78, 5) is 24.0. The van der Waals surface area contributed by atoms with Gasteiger partial charge in [0.1, 0.15) is 5.82 Å². The molecule has 1 aromatic heterocycles. The van der Waals surface area contributed by atoms with Crippen LogP contribution in [-0.2, 0) is 27.3 Å². The molecule has 2 aliphatic heterocycles. The van der Waals surface area contributed by atoms with Gasteiger partial charge in [-0.25, -0.2) is 0 Å². The molecule has 1 saturated heterocycles. The molecule has 1 fully saturated rings. The summed E-state index contributed by atoms with van der Waals surface area (Å²) < 4.78 is 18.3. The Balaban J connectivity index is 1.43. The largest absolute Gasteiger partial charge is 0.454 e. The zero-order valence-corrected chi connectivity index (χ0v) is 18.0. The molecule has 0 radical (unpaired) electrons. The summed E-state index contributed by atoms with van der Waals surface area (Å²) >= 11 is 1.31. The molecule has 2 atom stereocenters. The molecule has 3 heterocycles. The van der Waals surface area contributed by atoms with Crippen molar-refractivity contribution in [3.8, 4) is 11.5 Å². The number of hydrogen-bond donors (Lipinski definition) is 2. The summed E-state index contributed by atoms with van der Waals surface area (Å²) in [6.45, 7) is 3.30. The smallest absolute Gasteiger partial charge is 0.237 e. The lowest BCUT2D eigenvalue weighted by atomic mass is 10.2. The van der Waals surface area contributed by atoms with E-state index in [0.717, 1.165) is 19.4 Å². The number of hydrogen-bond acceptors (Lipinski definition) is 8. The highest BCUT2D eigenvalue weighted by molar-refractivity contribution is 8.00. The molecule has 3 N–H and O–H groups in total. The van der Waals surface area contributed by atoms with Gasteiger partial charge in [0.2, 0.25) is 18.6 Å². The lowest BCUT2D eigenvalue weighted by Gasteiger charge is -2.16. The van der Waals surface area contributed by atoms with E-state index in [0.29, 0.717) is 41.1 Å². The minimum atomic E-state index is -0.429. The molecule has 4 rings (SSSR count). The molecule has 166 valence electrons. The van der Waals surface area contributed by atoms with E-state index in [-0.39, 0.29) is 25.2 Å². The number of fused-ring (bicyclic) bond motifs is 1. The molecule has 0 unspecified atom stereocenters. The van der Waals surface area contributed by atoms with Gasteiger partial charge in [-0.2, -0.15) is 0 Å². The maximum atomic E-state index is 12.7. The number of rotatable bonds is 9. The predicted octanol–water partition coefficient (Wildman–Crippen LogP) is 1.72. The number of nitrogens with two attached hydrogens (primary N) is 1. The van der Waals surface area contributed by atoms with E-state index in [9.17, 15) is 9.59 Å². The first kappa shape index (κ1) is 21.4. The van der Waals surface area contributed by atoms with Crippen molar-refractivity contribution in [1.29, 1.82) is 0 Å². The first-order chi connectivity index (χ1) is 15.0. The molecular weight excluding hydrogens is 422 g/mol. The highest BCUT2D eigenvalue weighted by Crippen LogP contribution is 2.34. The summed E-state index contributed by atoms with van der Waals surface area (Å²) in [5.41, 5.74) is 5.92. The number of benzene rings is 1. The molecule has 0 aliphatic carbocycles. The quantitative estimate of drug-likeness (QED) is 0.556. The van der Waals surface area contributed by atoms with Crippen LogP contribution in [0.1, 0.15) is 32.0 Å². The van der Waals surface area contributed by atoms with Gasteiger partial charge in [0.05, 0.1) is 17.9 Å². The summed E-state index contributed by atoms with van der Waals surface area (Å²) in [5.74, 6) is 1.37. The fourth-order valence-corrected chi connectivity index (χ4v) is 4.31. The summed E-state index contributed by atoms with van der Waals surface area (Å²) in [6.07, 6.45) is 2.63. The molecule has 31 heavy (non-hydrogen) atoms. The highest BCUT2D eigenvalue weighted by Gasteiger charge is 2.24. The Kier molecular flexibility index (Phi) is 6.62. The maximum Gasteiger partial charge on any atom is 0.237 e. The van der Waals surface area contributed by atoms with Crippen LogP contribution in [0.3, 0.4) is 0 Å². The average molecular weight is 448 g/mol. The number of primary amides is 1. The molecule has 0 saturated carbocycles. The number of amides is 2. The van der Waals surface area contributed by atoms with E-state index in [1.807, 2.05) is 4.57 Å². The van der Waals surface area contributed by atoms with Crippen LogP contribution in [0.2, 0.25) is 0 Å². The second-order valence-electron chi connectivity index (χ2n) is 7.43. The Morgan fingerprint density at radius 3 is 2.94 bits per heavy atom. The van der Waals surface area contributed by atoms with Gasteiger partial charge in [0, 0.05) is 31.2 Å². The Hall–Kier alpha value is -2.79. The van der Waals surface area contributed by atoms with E-state index >= 15 is 0 Å². The SMILES string of the molecule is C[C@H](Sc1nnc(CCC(N)=O)n1C[C@@H]1CCCO1)C(=O)Nc1ccc2c(c1)OCO2. The zero-order valence-electron chi connectivity index (χ0n) is 17.2. The summed E-state index contributed by atoms with van der Waals surface area (Å²) in [5, 5.41) is 11.6. The Morgan fingerprint density at radius 2 is 2.16 bits per heavy atom. The van der Waals surface area contributed by atoms with Crippen LogP contribution in [0.4, 0.5) is 5.69 Å². The number of aromatic nitrogens is 3. The van der Waals surface area contributed by atoms with Gasteiger partial charge in [0.15, 0.2) is 16.7 Å². The minimum Gasteiger partial charge on any atom is -0.454 e. The second-order valence-corrected chi connectivity index (χ2v) is 8.74. The molecule has 10 nitrogen and oxygen atoms in total. The number of ether oxygens (including phenoxy) is 3. The fourth-order valence-electron chi connectivity index (χ4n) is 3.43. The fraction of sp³-hybridized carbons (Fsp3) is 0.500. The Morgan fingerprint density at radius 1 is 1.32 bits per heavy atom. The summed E-state index contributed by atoms with van der Waals surface area (Å²) in [6, 6.07) is 5.27. The van der Waals surface area contributed by atoms with E-state index < -0.39 is 11.2 Å². The third-order valence-electron chi connectivity index (χ3n) is 5.09. The van der Waals surface area contributed by atoms with Crippen LogP contribution in [0.25, 0.3) is 0 Å². The van der Waals surface area contributed by atoms with Gasteiger partial charge in [-0.1, -0.05) is 11.8 Å². The first-order valence-corrected chi connectivity index (χ1v) is 11.1. The minimum absolute atomic E-state index is 0.0699. The van der Waals surface area contributed by atoms with Crippen molar-refractivity contribution in [2.45, 2.75) is 55.7 Å². The van der Waals surface area contributed by atoms with Crippen molar-refractivity contribution < 1.29 is 23.8 Å². The topological polar surface area (TPSA) is 131 Å². The normalized spacial score (nSPS) is 18.2. The molecule has 2 aliphatic rings. The van der Waals surface area contributed by atoms with Crippen molar-refractivity contribution >= 4 is 29.3 Å². The number of anilines is 1. The van der Waals surface area contributed by atoms with Gasteiger partial charge in [0.25, 0.3) is 0 Å². The van der Waals surface area contributed by atoms with Crippen molar-refractivity contribution in [2.75, 3.05) is 18.7 Å². The number of carbonyl (C=O) groups excluding carboxylic acids is 2. The van der Waals surface area contributed by atoms with Crippen molar-refractivity contribution in [1.82, 2.24) is 14.8 Å². The number of thioether (sulfide) groups is 1. The van der Waals surface area contributed by atoms with Crippen LogP contribution < -0.4 is 20.5 Å². The first-order valence-electron chi connectivity index (χ1n) is 10.2. The van der Waals surface area contributed by atoms with Gasteiger partial charge < -0.3 is 29.8 Å². The lowest BCUT2D eigenvalue weighted by Crippen LogP contribution is -2.24. The number of nitrogens with zero attached hydrogens (tertiary/aromatic N) is 3. The van der Waals surface area contributed by atoms with E-state index in [1.165, 1.54) is 11.8 Å². The summed E-state index contributed by atoms with van der Waals surface area (Å²) in [7, 11) is 0. The average Bonchev–Trinajstić information content (AvgIpc) is 3.49. The number of aryl methyl sites for hydroxylation is 1. The second kappa shape index (κ2) is 9.56. The molecule has 11 heteroatoms.